The van der Waals surface area contributed by atoms with Crippen LogP contribution in [0.3, 0.4) is 0 Å². The highest BCUT2D eigenvalue weighted by Crippen LogP contribution is 2.26. The number of benzene rings is 1. The fraction of sp³-hybridized carbons (Fsp3) is 0.421. The quantitative estimate of drug-likeness (QED) is 0.790. The fourth-order valence-electron chi connectivity index (χ4n) is 3.14. The highest BCUT2D eigenvalue weighted by molar-refractivity contribution is 6.33. The molecule has 0 bridgehead atoms. The number of piperazine rings is 1. The normalized spacial score (nSPS) is 15.0. The van der Waals surface area contributed by atoms with Crippen LogP contribution in [-0.4, -0.2) is 36.0 Å². The van der Waals surface area contributed by atoms with Gasteiger partial charge < -0.3 is 9.80 Å². The molecule has 0 spiro atoms. The zero-order valence-electron chi connectivity index (χ0n) is 15.5. The molecule has 1 aliphatic heterocycles. The maximum Gasteiger partial charge on any atom is 0.288 e. The molecule has 1 saturated heterocycles. The zero-order chi connectivity index (χ0) is 19.8. The second-order valence-corrected chi connectivity index (χ2v) is 7.86. The monoisotopic (exact) mass is 389 g/mol. The van der Waals surface area contributed by atoms with Crippen LogP contribution in [0, 0.1) is 17.1 Å². The van der Waals surface area contributed by atoms with Crippen LogP contribution in [0.1, 0.15) is 26.3 Å². The van der Waals surface area contributed by atoms with Gasteiger partial charge in [-0.15, -0.1) is 0 Å². The van der Waals surface area contributed by atoms with Gasteiger partial charge in [0.2, 0.25) is 0 Å². The number of hydrogen-bond acceptors (Lipinski definition) is 5. The number of rotatable bonds is 2. The largest absolute Gasteiger partial charge is 0.366 e. The van der Waals surface area contributed by atoms with Crippen molar-refractivity contribution in [3.05, 3.63) is 51.2 Å². The van der Waals surface area contributed by atoms with Crippen LogP contribution in [0.5, 0.6) is 0 Å². The molecule has 0 atom stereocenters. The molecule has 2 aromatic rings. The molecule has 2 heterocycles. The van der Waals surface area contributed by atoms with Gasteiger partial charge in [0.05, 0.1) is 34.7 Å². The molecule has 1 fully saturated rings. The highest BCUT2D eigenvalue weighted by Gasteiger charge is 2.25. The number of hydrogen-bond donors (Lipinski definition) is 0. The molecule has 1 aromatic carbocycles. The van der Waals surface area contributed by atoms with Gasteiger partial charge in [-0.2, -0.15) is 10.4 Å². The van der Waals surface area contributed by atoms with Gasteiger partial charge in [0.1, 0.15) is 10.8 Å². The topological polar surface area (TPSA) is 65.2 Å². The van der Waals surface area contributed by atoms with Crippen LogP contribution >= 0.6 is 11.6 Å². The van der Waals surface area contributed by atoms with Crippen molar-refractivity contribution in [3.8, 4) is 6.07 Å². The number of nitrogens with zero attached hydrogens (tertiary/aromatic N) is 5. The molecule has 0 radical (unpaired) electrons. The SMILES string of the molecule is CC(C)(C)n1ncc(N2CCN(c3ccc(C#N)cc3F)CC2)c(Cl)c1=O. The van der Waals surface area contributed by atoms with Crippen LogP contribution in [0.2, 0.25) is 5.02 Å². The summed E-state index contributed by atoms with van der Waals surface area (Å²) in [7, 11) is 0. The first kappa shape index (κ1) is 19.2. The summed E-state index contributed by atoms with van der Waals surface area (Å²) >= 11 is 6.33. The predicted octanol–water partition coefficient (Wildman–Crippen LogP) is 2.99. The molecule has 8 heteroatoms. The minimum absolute atomic E-state index is 0.151. The molecular weight excluding hydrogens is 369 g/mol. The Balaban J connectivity index is 1.78. The van der Waals surface area contributed by atoms with Crippen molar-refractivity contribution < 1.29 is 4.39 Å². The Kier molecular flexibility index (Phi) is 5.11. The predicted molar refractivity (Wildman–Crippen MR) is 104 cm³/mol. The van der Waals surface area contributed by atoms with Gasteiger partial charge in [-0.05, 0) is 39.0 Å². The third-order valence-corrected chi connectivity index (χ3v) is 4.93. The molecule has 0 unspecified atom stereocenters. The molecule has 1 aromatic heterocycles. The van der Waals surface area contributed by atoms with Gasteiger partial charge in [-0.25, -0.2) is 9.07 Å². The Morgan fingerprint density at radius 1 is 1.15 bits per heavy atom. The molecular formula is C19H21ClFN5O. The van der Waals surface area contributed by atoms with Crippen LogP contribution in [-0.2, 0) is 5.54 Å². The molecule has 142 valence electrons. The van der Waals surface area contributed by atoms with Gasteiger partial charge in [0.25, 0.3) is 5.56 Å². The molecule has 1 aliphatic rings. The second-order valence-electron chi connectivity index (χ2n) is 7.48. The zero-order valence-corrected chi connectivity index (χ0v) is 16.3. The van der Waals surface area contributed by atoms with Crippen LogP contribution < -0.4 is 15.4 Å². The van der Waals surface area contributed by atoms with E-state index in [9.17, 15) is 9.18 Å². The van der Waals surface area contributed by atoms with Gasteiger partial charge in [0, 0.05) is 26.2 Å². The molecule has 0 saturated carbocycles. The highest BCUT2D eigenvalue weighted by atomic mass is 35.5. The first-order chi connectivity index (χ1) is 12.7. The first-order valence-corrected chi connectivity index (χ1v) is 9.08. The standard InChI is InChI=1S/C19H21ClFN5O/c1-19(2,3)26-18(27)17(20)16(12-23-26)25-8-6-24(7-9-25)15-5-4-13(11-22)10-14(15)21/h4-5,10,12H,6-9H2,1-3H3. The van der Waals surface area contributed by atoms with Crippen LogP contribution in [0.25, 0.3) is 0 Å². The Hall–Kier alpha value is -2.59. The van der Waals surface area contributed by atoms with Crippen LogP contribution in [0.15, 0.2) is 29.2 Å². The molecule has 0 N–H and O–H groups in total. The molecule has 6 nitrogen and oxygen atoms in total. The number of halogens is 2. The summed E-state index contributed by atoms with van der Waals surface area (Å²) < 4.78 is 15.6. The molecule has 0 amide bonds. The van der Waals surface area contributed by atoms with E-state index in [1.807, 2.05) is 36.6 Å². The van der Waals surface area contributed by atoms with E-state index in [2.05, 4.69) is 5.10 Å². The van der Waals surface area contributed by atoms with E-state index in [0.29, 0.717) is 43.1 Å². The van der Waals surface area contributed by atoms with E-state index in [-0.39, 0.29) is 10.6 Å². The summed E-state index contributed by atoms with van der Waals surface area (Å²) in [5.74, 6) is -0.407. The third-order valence-electron chi connectivity index (χ3n) is 4.57. The van der Waals surface area contributed by atoms with E-state index in [0.717, 1.165) is 0 Å². The third kappa shape index (κ3) is 3.76. The number of aromatic nitrogens is 2. The number of nitriles is 1. The Labute approximate surface area is 162 Å². The molecule has 0 aliphatic carbocycles. The fourth-order valence-corrected chi connectivity index (χ4v) is 3.39. The lowest BCUT2D eigenvalue weighted by molar-refractivity contribution is 0.338. The summed E-state index contributed by atoms with van der Waals surface area (Å²) in [6, 6.07) is 6.41. The van der Waals surface area contributed by atoms with Crippen molar-refractivity contribution in [2.45, 2.75) is 26.3 Å². The van der Waals surface area contributed by atoms with E-state index < -0.39 is 11.4 Å². The van der Waals surface area contributed by atoms with Crippen molar-refractivity contribution >= 4 is 23.0 Å². The van der Waals surface area contributed by atoms with Crippen molar-refractivity contribution in [2.24, 2.45) is 0 Å². The first-order valence-electron chi connectivity index (χ1n) is 8.70. The Bertz CT molecular complexity index is 952. The van der Waals surface area contributed by atoms with Crippen molar-refractivity contribution in [3.63, 3.8) is 0 Å². The molecule has 27 heavy (non-hydrogen) atoms. The lowest BCUT2D eigenvalue weighted by Gasteiger charge is -2.37. The Morgan fingerprint density at radius 3 is 2.26 bits per heavy atom. The minimum Gasteiger partial charge on any atom is -0.366 e. The lowest BCUT2D eigenvalue weighted by Crippen LogP contribution is -2.47. The van der Waals surface area contributed by atoms with E-state index in [1.54, 1.807) is 18.3 Å². The lowest BCUT2D eigenvalue weighted by atomic mass is 10.1. The summed E-state index contributed by atoms with van der Waals surface area (Å²) in [6.07, 6.45) is 1.62. The van der Waals surface area contributed by atoms with Gasteiger partial charge in [-0.3, -0.25) is 4.79 Å². The number of anilines is 2. The summed E-state index contributed by atoms with van der Waals surface area (Å²) in [4.78, 5) is 16.4. The second kappa shape index (κ2) is 7.20. The van der Waals surface area contributed by atoms with Gasteiger partial charge in [-0.1, -0.05) is 11.6 Å². The van der Waals surface area contributed by atoms with Crippen molar-refractivity contribution in [2.75, 3.05) is 36.0 Å². The van der Waals surface area contributed by atoms with E-state index >= 15 is 0 Å². The maximum absolute atomic E-state index is 14.2. The van der Waals surface area contributed by atoms with Crippen LogP contribution in [0.4, 0.5) is 15.8 Å². The summed E-state index contributed by atoms with van der Waals surface area (Å²) in [6.45, 7) is 7.98. The summed E-state index contributed by atoms with van der Waals surface area (Å²) in [5.41, 5.74) is 0.600. The Morgan fingerprint density at radius 2 is 1.74 bits per heavy atom. The van der Waals surface area contributed by atoms with Crippen molar-refractivity contribution in [1.29, 1.82) is 5.26 Å². The van der Waals surface area contributed by atoms with Gasteiger partial charge >= 0.3 is 0 Å². The van der Waals surface area contributed by atoms with Crippen molar-refractivity contribution in [1.82, 2.24) is 9.78 Å². The smallest absolute Gasteiger partial charge is 0.288 e. The van der Waals surface area contributed by atoms with Gasteiger partial charge in [0.15, 0.2) is 0 Å². The summed E-state index contributed by atoms with van der Waals surface area (Å²) in [5, 5.41) is 13.3. The van der Waals surface area contributed by atoms with E-state index in [4.69, 9.17) is 16.9 Å². The maximum atomic E-state index is 14.2. The molecule has 3 rings (SSSR count). The minimum atomic E-state index is -0.453. The average Bonchev–Trinajstić information content (AvgIpc) is 2.63. The van der Waals surface area contributed by atoms with E-state index in [1.165, 1.54) is 10.7 Å². The average molecular weight is 390 g/mol.